The number of halogens is 3. The van der Waals surface area contributed by atoms with E-state index in [9.17, 15) is 18.0 Å². The van der Waals surface area contributed by atoms with Gasteiger partial charge < -0.3 is 5.32 Å². The average molecular weight is 394 g/mol. The number of hydrogen-bond donors (Lipinski definition) is 1. The zero-order chi connectivity index (χ0) is 18.7. The summed E-state index contributed by atoms with van der Waals surface area (Å²) in [6.45, 7) is 0. The van der Waals surface area contributed by atoms with Crippen molar-refractivity contribution in [3.63, 3.8) is 0 Å². The summed E-state index contributed by atoms with van der Waals surface area (Å²) in [5.41, 5.74) is 0.215. The molecule has 3 rings (SSSR count). The first kappa shape index (κ1) is 18.6. The molecule has 0 atom stereocenters. The topological polar surface area (TPSA) is 41.5 Å². The van der Waals surface area contributed by atoms with Gasteiger partial charge in [-0.05, 0) is 60.0 Å². The van der Waals surface area contributed by atoms with Crippen LogP contribution in [0.15, 0.2) is 63.3 Å². The lowest BCUT2D eigenvalue weighted by molar-refractivity contribution is -0.137. The summed E-state index contributed by atoms with van der Waals surface area (Å²) in [6.07, 6.45) is -0.737. The molecule has 0 unspecified atom stereocenters. The predicted octanol–water partition coefficient (Wildman–Crippen LogP) is 5.32. The van der Waals surface area contributed by atoms with E-state index in [4.69, 9.17) is 0 Å². The Balaban J connectivity index is 1.80. The Morgan fingerprint density at radius 3 is 2.54 bits per heavy atom. The Morgan fingerprint density at radius 2 is 1.88 bits per heavy atom. The molecule has 2 aromatic carbocycles. The zero-order valence-electron chi connectivity index (χ0n) is 13.5. The van der Waals surface area contributed by atoms with Gasteiger partial charge in [0.25, 0.3) is 5.91 Å². The summed E-state index contributed by atoms with van der Waals surface area (Å²) >= 11 is 2.72. The van der Waals surface area contributed by atoms with Gasteiger partial charge in [0, 0.05) is 4.90 Å². The van der Waals surface area contributed by atoms with Gasteiger partial charge in [-0.25, -0.2) is 4.99 Å². The fraction of sp³-hybridized carbons (Fsp3) is 0.111. The van der Waals surface area contributed by atoms with Crippen LogP contribution < -0.4 is 5.32 Å². The van der Waals surface area contributed by atoms with Crippen molar-refractivity contribution < 1.29 is 18.0 Å². The first-order valence-electron chi connectivity index (χ1n) is 7.46. The molecule has 1 aliphatic rings. The molecular formula is C18H13F3N2OS2. The Labute approximate surface area is 156 Å². The third-order valence-electron chi connectivity index (χ3n) is 3.47. The van der Waals surface area contributed by atoms with E-state index in [0.717, 1.165) is 34.4 Å². The highest BCUT2D eigenvalue weighted by Crippen LogP contribution is 2.33. The maximum atomic E-state index is 12.8. The van der Waals surface area contributed by atoms with Crippen LogP contribution in [0.5, 0.6) is 0 Å². The number of carbonyl (C=O) groups is 1. The van der Waals surface area contributed by atoms with E-state index in [0.29, 0.717) is 4.91 Å². The highest BCUT2D eigenvalue weighted by Gasteiger charge is 2.30. The average Bonchev–Trinajstić information content (AvgIpc) is 2.94. The number of rotatable bonds is 3. The zero-order valence-corrected chi connectivity index (χ0v) is 15.1. The van der Waals surface area contributed by atoms with Gasteiger partial charge >= 0.3 is 6.18 Å². The molecule has 134 valence electrons. The maximum absolute atomic E-state index is 12.8. The number of thioether (sulfide) groups is 2. The van der Waals surface area contributed by atoms with Gasteiger partial charge in [0.2, 0.25) is 0 Å². The largest absolute Gasteiger partial charge is 0.416 e. The lowest BCUT2D eigenvalue weighted by Gasteiger charge is -2.06. The Bertz CT molecular complexity index is 890. The molecule has 0 saturated carbocycles. The van der Waals surface area contributed by atoms with E-state index in [1.165, 1.54) is 12.1 Å². The molecule has 1 heterocycles. The lowest BCUT2D eigenvalue weighted by Crippen LogP contribution is -2.19. The Hall–Kier alpha value is -2.19. The molecule has 26 heavy (non-hydrogen) atoms. The van der Waals surface area contributed by atoms with Crippen molar-refractivity contribution >= 4 is 46.4 Å². The second kappa shape index (κ2) is 7.59. The summed E-state index contributed by atoms with van der Waals surface area (Å²) in [7, 11) is 0. The molecule has 8 heteroatoms. The van der Waals surface area contributed by atoms with E-state index in [1.807, 2.05) is 30.5 Å². The van der Waals surface area contributed by atoms with E-state index in [-0.39, 0.29) is 16.8 Å². The lowest BCUT2D eigenvalue weighted by atomic mass is 10.2. The van der Waals surface area contributed by atoms with Crippen LogP contribution >= 0.6 is 23.5 Å². The molecule has 1 fully saturated rings. The van der Waals surface area contributed by atoms with Gasteiger partial charge in [-0.1, -0.05) is 18.2 Å². The summed E-state index contributed by atoms with van der Waals surface area (Å²) in [6, 6.07) is 12.4. The number of amides is 1. The van der Waals surface area contributed by atoms with Crippen LogP contribution in [-0.2, 0) is 11.0 Å². The summed E-state index contributed by atoms with van der Waals surface area (Å²) < 4.78 is 38.3. The van der Waals surface area contributed by atoms with Crippen molar-refractivity contribution in [2.24, 2.45) is 4.99 Å². The number of alkyl halides is 3. The first-order valence-corrected chi connectivity index (χ1v) is 9.50. The molecule has 0 spiro atoms. The summed E-state index contributed by atoms with van der Waals surface area (Å²) in [5, 5.41) is 2.83. The second-order valence-electron chi connectivity index (χ2n) is 5.30. The minimum atomic E-state index is -4.43. The van der Waals surface area contributed by atoms with Crippen molar-refractivity contribution in [3.05, 3.63) is 64.6 Å². The molecule has 0 aliphatic carbocycles. The number of nitrogens with zero attached hydrogens (tertiary/aromatic N) is 1. The van der Waals surface area contributed by atoms with Crippen LogP contribution in [0.2, 0.25) is 0 Å². The predicted molar refractivity (Wildman–Crippen MR) is 100 cm³/mol. The molecule has 3 nitrogen and oxygen atoms in total. The van der Waals surface area contributed by atoms with Gasteiger partial charge in [0.05, 0.1) is 16.2 Å². The molecule has 1 amide bonds. The van der Waals surface area contributed by atoms with Crippen LogP contribution in [0.3, 0.4) is 0 Å². The fourth-order valence-electron chi connectivity index (χ4n) is 2.20. The minimum Gasteiger partial charge on any atom is -0.300 e. The van der Waals surface area contributed by atoms with Crippen LogP contribution in [0.25, 0.3) is 6.08 Å². The quantitative estimate of drug-likeness (QED) is 0.566. The molecule has 0 bridgehead atoms. The SMILES string of the molecule is CSc1ccc(C=C2SC(=Nc3cccc(C(F)(F)F)c3)NC2=O)cc1. The monoisotopic (exact) mass is 394 g/mol. The summed E-state index contributed by atoms with van der Waals surface area (Å²) in [5.74, 6) is -0.324. The van der Waals surface area contributed by atoms with Crippen LogP contribution in [0.1, 0.15) is 11.1 Å². The molecule has 2 aromatic rings. The van der Waals surface area contributed by atoms with E-state index in [2.05, 4.69) is 10.3 Å². The minimum absolute atomic E-state index is 0.133. The molecule has 0 aromatic heterocycles. The van der Waals surface area contributed by atoms with E-state index in [1.54, 1.807) is 17.8 Å². The summed E-state index contributed by atoms with van der Waals surface area (Å²) in [4.78, 5) is 17.7. The second-order valence-corrected chi connectivity index (χ2v) is 7.21. The highest BCUT2D eigenvalue weighted by atomic mass is 32.2. The van der Waals surface area contributed by atoms with Crippen LogP contribution in [0, 0.1) is 0 Å². The Morgan fingerprint density at radius 1 is 1.15 bits per heavy atom. The number of hydrogen-bond acceptors (Lipinski definition) is 4. The van der Waals surface area contributed by atoms with Crippen molar-refractivity contribution in [1.82, 2.24) is 5.32 Å². The van der Waals surface area contributed by atoms with E-state index < -0.39 is 11.7 Å². The van der Waals surface area contributed by atoms with Crippen molar-refractivity contribution in [2.45, 2.75) is 11.1 Å². The van der Waals surface area contributed by atoms with Gasteiger partial charge in [-0.2, -0.15) is 13.2 Å². The third kappa shape index (κ3) is 4.50. The number of benzene rings is 2. The van der Waals surface area contributed by atoms with Crippen molar-refractivity contribution in [3.8, 4) is 0 Å². The number of nitrogens with one attached hydrogen (secondary N) is 1. The molecular weight excluding hydrogens is 381 g/mol. The van der Waals surface area contributed by atoms with Gasteiger partial charge in [0.15, 0.2) is 5.17 Å². The van der Waals surface area contributed by atoms with Gasteiger partial charge in [-0.3, -0.25) is 4.79 Å². The highest BCUT2D eigenvalue weighted by molar-refractivity contribution is 8.18. The fourth-order valence-corrected chi connectivity index (χ4v) is 3.45. The van der Waals surface area contributed by atoms with Crippen LogP contribution in [0.4, 0.5) is 18.9 Å². The number of amidine groups is 1. The van der Waals surface area contributed by atoms with Crippen molar-refractivity contribution in [1.29, 1.82) is 0 Å². The normalized spacial score (nSPS) is 17.8. The standard InChI is InChI=1S/C18H13F3N2OS2/c1-25-14-7-5-11(6-8-14)9-15-16(24)23-17(26-15)22-13-4-2-3-12(10-13)18(19,20)21/h2-10H,1H3,(H,22,23,24). The Kier molecular flexibility index (Phi) is 5.43. The molecule has 1 N–H and O–H groups in total. The molecule has 1 saturated heterocycles. The third-order valence-corrected chi connectivity index (χ3v) is 5.12. The maximum Gasteiger partial charge on any atom is 0.416 e. The first-order chi connectivity index (χ1) is 12.3. The van der Waals surface area contributed by atoms with E-state index >= 15 is 0 Å². The number of carbonyl (C=O) groups excluding carboxylic acids is 1. The van der Waals surface area contributed by atoms with Gasteiger partial charge in [0.1, 0.15) is 0 Å². The van der Waals surface area contributed by atoms with Gasteiger partial charge in [-0.15, -0.1) is 11.8 Å². The van der Waals surface area contributed by atoms with Crippen LogP contribution in [-0.4, -0.2) is 17.3 Å². The smallest absolute Gasteiger partial charge is 0.300 e. The molecule has 1 aliphatic heterocycles. The number of aliphatic imine (C=N–C) groups is 1. The van der Waals surface area contributed by atoms with Crippen molar-refractivity contribution in [2.75, 3.05) is 6.26 Å². The molecule has 0 radical (unpaired) electrons.